The lowest BCUT2D eigenvalue weighted by Gasteiger charge is -2.38. The molecule has 4 aromatic rings. The summed E-state index contributed by atoms with van der Waals surface area (Å²) in [4.78, 5) is 49.1. The van der Waals surface area contributed by atoms with Gasteiger partial charge >= 0.3 is 6.03 Å². The van der Waals surface area contributed by atoms with Gasteiger partial charge in [-0.15, -0.1) is 11.8 Å². The number of nitrogens with one attached hydrogen (secondary N) is 3. The van der Waals surface area contributed by atoms with E-state index >= 15 is 0 Å². The molecule has 0 aliphatic carbocycles. The summed E-state index contributed by atoms with van der Waals surface area (Å²) < 4.78 is 6.03. The van der Waals surface area contributed by atoms with E-state index in [-0.39, 0.29) is 18.2 Å². The fraction of sp³-hybridized carbons (Fsp3) is 0.138. The number of non-ortho nitro benzene ring substituents is 1. The Labute approximate surface area is 242 Å². The minimum absolute atomic E-state index is 0.000353. The highest BCUT2D eigenvalue weighted by atomic mass is 32.2. The molecule has 3 N–H and O–H groups in total. The maximum absolute atomic E-state index is 13.5. The number of hydrogen-bond acceptors (Lipinski definition) is 8. The number of amides is 4. The van der Waals surface area contributed by atoms with E-state index in [1.165, 1.54) is 12.1 Å². The van der Waals surface area contributed by atoms with Gasteiger partial charge in [0.05, 0.1) is 16.7 Å². The quantitative estimate of drug-likeness (QED) is 0.242. The molecule has 1 saturated heterocycles. The highest BCUT2D eigenvalue weighted by molar-refractivity contribution is 8.02. The Morgan fingerprint density at radius 3 is 2.57 bits per heavy atom. The lowest BCUT2D eigenvalue weighted by Crippen LogP contribution is -2.60. The molecule has 12 nitrogen and oxygen atoms in total. The number of thioether (sulfide) groups is 1. The molecule has 1 spiro atoms. The van der Waals surface area contributed by atoms with Crippen molar-refractivity contribution in [3.8, 4) is 5.75 Å². The van der Waals surface area contributed by atoms with Crippen LogP contribution in [0.3, 0.4) is 0 Å². The molecule has 2 unspecified atom stereocenters. The summed E-state index contributed by atoms with van der Waals surface area (Å²) >= 11 is 1.13. The maximum Gasteiger partial charge on any atom is 0.348 e. The molecule has 0 saturated carbocycles. The molecule has 4 aromatic carbocycles. The van der Waals surface area contributed by atoms with Gasteiger partial charge < -0.3 is 10.1 Å². The predicted octanol–water partition coefficient (Wildman–Crippen LogP) is 4.00. The van der Waals surface area contributed by atoms with Gasteiger partial charge in [0.25, 0.3) is 17.5 Å². The minimum atomic E-state index is -1.44. The molecular weight excluding hydrogens is 560 g/mol. The molecule has 2 atom stereocenters. The van der Waals surface area contributed by atoms with Crippen molar-refractivity contribution in [1.82, 2.24) is 20.9 Å². The van der Waals surface area contributed by atoms with Crippen LogP contribution < -0.4 is 20.9 Å². The van der Waals surface area contributed by atoms with Gasteiger partial charge in [-0.05, 0) is 28.5 Å². The van der Waals surface area contributed by atoms with E-state index in [9.17, 15) is 24.5 Å². The van der Waals surface area contributed by atoms with Crippen LogP contribution in [0.2, 0.25) is 0 Å². The van der Waals surface area contributed by atoms with Gasteiger partial charge in [-0.25, -0.2) is 15.2 Å². The van der Waals surface area contributed by atoms with Crippen LogP contribution in [-0.2, 0) is 14.5 Å². The second-order valence-electron chi connectivity index (χ2n) is 9.91. The number of nitro benzene ring substituents is 1. The molecule has 3 aliphatic heterocycles. The van der Waals surface area contributed by atoms with Crippen LogP contribution in [0.15, 0.2) is 84.9 Å². The highest BCUT2D eigenvalue weighted by Crippen LogP contribution is 2.51. The number of hydrazine groups is 2. The van der Waals surface area contributed by atoms with Gasteiger partial charge in [0.1, 0.15) is 5.75 Å². The van der Waals surface area contributed by atoms with Gasteiger partial charge in [-0.2, -0.15) is 5.01 Å². The summed E-state index contributed by atoms with van der Waals surface area (Å²) in [6.07, 6.45) is 0. The Kier molecular flexibility index (Phi) is 5.99. The van der Waals surface area contributed by atoms with Gasteiger partial charge in [-0.3, -0.25) is 25.1 Å². The molecule has 13 heteroatoms. The first-order valence-electron chi connectivity index (χ1n) is 13.0. The zero-order valence-corrected chi connectivity index (χ0v) is 22.6. The first-order chi connectivity index (χ1) is 20.4. The van der Waals surface area contributed by atoms with Gasteiger partial charge in [0, 0.05) is 28.9 Å². The topological polar surface area (TPSA) is 146 Å². The number of ether oxygens (including phenoxy) is 1. The van der Waals surface area contributed by atoms with Crippen LogP contribution in [0, 0.1) is 10.1 Å². The standard InChI is InChI=1S/C29H22N6O6S/c36-24-15-42-29(21-7-3-4-8-22(21)30-27(29)37)34(24)32-28(38)31-33-16-41-23-14-11-17-5-1-2-6-20(17)25(23)26(33)18-9-12-19(13-10-18)35(39)40/h1-14,26H,15-16H2,(H,30,37)(H2,31,32,38). The lowest BCUT2D eigenvalue weighted by molar-refractivity contribution is -0.384. The first kappa shape index (κ1) is 25.8. The number of anilines is 1. The number of hydrogen-bond donors (Lipinski definition) is 3. The van der Waals surface area contributed by atoms with E-state index in [2.05, 4.69) is 16.2 Å². The Hall–Kier alpha value is -5.14. The van der Waals surface area contributed by atoms with E-state index in [0.29, 0.717) is 22.6 Å². The number of nitro groups is 1. The van der Waals surface area contributed by atoms with E-state index in [1.54, 1.807) is 41.4 Å². The van der Waals surface area contributed by atoms with Crippen molar-refractivity contribution < 1.29 is 24.0 Å². The normalized spacial score (nSPS) is 21.0. The van der Waals surface area contributed by atoms with E-state index in [0.717, 1.165) is 33.1 Å². The van der Waals surface area contributed by atoms with Crippen LogP contribution in [0.5, 0.6) is 5.75 Å². The number of urea groups is 1. The molecule has 0 radical (unpaired) electrons. The third-order valence-corrected chi connectivity index (χ3v) is 8.97. The van der Waals surface area contributed by atoms with Crippen molar-refractivity contribution in [3.05, 3.63) is 112 Å². The van der Waals surface area contributed by atoms with Crippen molar-refractivity contribution in [3.63, 3.8) is 0 Å². The van der Waals surface area contributed by atoms with Crippen molar-refractivity contribution >= 4 is 51.8 Å². The van der Waals surface area contributed by atoms with Crippen molar-refractivity contribution in [2.24, 2.45) is 0 Å². The van der Waals surface area contributed by atoms with Crippen LogP contribution in [0.25, 0.3) is 10.8 Å². The third kappa shape index (κ3) is 3.93. The van der Waals surface area contributed by atoms with Crippen LogP contribution >= 0.6 is 11.8 Å². The fourth-order valence-electron chi connectivity index (χ4n) is 5.73. The monoisotopic (exact) mass is 582 g/mol. The molecule has 3 heterocycles. The largest absolute Gasteiger partial charge is 0.476 e. The number of carbonyl (C=O) groups is 3. The molecule has 0 aromatic heterocycles. The molecular formula is C29H22N6O6S. The van der Waals surface area contributed by atoms with Crippen molar-refractivity contribution in [2.75, 3.05) is 17.8 Å². The SMILES string of the molecule is O=C(NN1COc2ccc3ccccc3c2C1c1ccc([N+](=O)[O-])cc1)NN1C(=O)CSC12C(=O)Nc1ccccc12. The number of carbonyl (C=O) groups excluding carboxylic acids is 3. The molecule has 3 aliphatic rings. The summed E-state index contributed by atoms with van der Waals surface area (Å²) in [5.74, 6) is -0.245. The summed E-state index contributed by atoms with van der Waals surface area (Å²) in [5, 5.41) is 18.6. The Balaban J connectivity index is 1.23. The number of para-hydroxylation sites is 1. The minimum Gasteiger partial charge on any atom is -0.476 e. The average molecular weight is 583 g/mol. The number of benzene rings is 4. The van der Waals surface area contributed by atoms with Gasteiger partial charge in [-0.1, -0.05) is 60.7 Å². The summed E-state index contributed by atoms with van der Waals surface area (Å²) in [5.41, 5.74) is 7.93. The lowest BCUT2D eigenvalue weighted by atomic mass is 9.91. The average Bonchev–Trinajstić information content (AvgIpc) is 3.48. The van der Waals surface area contributed by atoms with Crippen LogP contribution in [0.4, 0.5) is 16.2 Å². The zero-order valence-electron chi connectivity index (χ0n) is 21.8. The summed E-state index contributed by atoms with van der Waals surface area (Å²) in [7, 11) is 0. The Bertz CT molecular complexity index is 1800. The van der Waals surface area contributed by atoms with Crippen LogP contribution in [-0.4, -0.2) is 45.3 Å². The second-order valence-corrected chi connectivity index (χ2v) is 11.1. The molecule has 7 rings (SSSR count). The number of nitrogens with zero attached hydrogens (tertiary/aromatic N) is 3. The third-order valence-electron chi connectivity index (χ3n) is 7.57. The first-order valence-corrected chi connectivity index (χ1v) is 14.0. The molecule has 42 heavy (non-hydrogen) atoms. The molecule has 210 valence electrons. The van der Waals surface area contributed by atoms with E-state index in [4.69, 9.17) is 4.74 Å². The van der Waals surface area contributed by atoms with Crippen molar-refractivity contribution in [2.45, 2.75) is 10.9 Å². The number of fused-ring (bicyclic) bond motifs is 5. The second kappa shape index (κ2) is 9.75. The van der Waals surface area contributed by atoms with Crippen LogP contribution in [0.1, 0.15) is 22.7 Å². The molecule has 4 amide bonds. The number of rotatable bonds is 4. The highest BCUT2D eigenvalue weighted by Gasteiger charge is 2.59. The van der Waals surface area contributed by atoms with E-state index < -0.39 is 33.7 Å². The van der Waals surface area contributed by atoms with Gasteiger partial charge in [0.2, 0.25) is 4.87 Å². The zero-order chi connectivity index (χ0) is 29.0. The maximum atomic E-state index is 13.5. The van der Waals surface area contributed by atoms with Gasteiger partial charge in [0.15, 0.2) is 6.73 Å². The predicted molar refractivity (Wildman–Crippen MR) is 154 cm³/mol. The Morgan fingerprint density at radius 1 is 1.00 bits per heavy atom. The fourth-order valence-corrected chi connectivity index (χ4v) is 6.98. The smallest absolute Gasteiger partial charge is 0.348 e. The summed E-state index contributed by atoms with van der Waals surface area (Å²) in [6.45, 7) is -0.0580. The summed E-state index contributed by atoms with van der Waals surface area (Å²) in [6, 6.07) is 23.3. The van der Waals surface area contributed by atoms with Crippen molar-refractivity contribution in [1.29, 1.82) is 0 Å². The Morgan fingerprint density at radius 2 is 1.76 bits per heavy atom. The molecule has 0 bridgehead atoms. The van der Waals surface area contributed by atoms with E-state index in [1.807, 2.05) is 36.4 Å². The molecule has 1 fully saturated rings.